The van der Waals surface area contributed by atoms with Crippen LogP contribution in [0.25, 0.3) is 0 Å². The van der Waals surface area contributed by atoms with E-state index in [1.54, 1.807) is 10.4 Å². The Kier molecular flexibility index (Phi) is 8.30. The summed E-state index contributed by atoms with van der Waals surface area (Å²) in [4.78, 5) is 25.0. The summed E-state index contributed by atoms with van der Waals surface area (Å²) in [6.45, 7) is 3.73. The van der Waals surface area contributed by atoms with Crippen molar-refractivity contribution in [1.82, 2.24) is 10.4 Å². The molecule has 0 saturated carbocycles. The number of carbonyl (C=O) groups is 2. The maximum Gasteiger partial charge on any atom is 0.244 e. The molecule has 0 aromatic carbocycles. The van der Waals surface area contributed by atoms with E-state index < -0.39 is 5.91 Å². The number of hydroxylamine groups is 1. The van der Waals surface area contributed by atoms with Gasteiger partial charge in [-0.15, -0.1) is 0 Å². The second kappa shape index (κ2) is 9.73. The average Bonchev–Trinajstić information content (AvgIpc) is 2.83. The average molecular weight is 300 g/mol. The van der Waals surface area contributed by atoms with Gasteiger partial charge in [0.15, 0.2) is 0 Å². The normalized spacial score (nSPS) is 19.9. The van der Waals surface area contributed by atoms with Crippen LogP contribution in [0.5, 0.6) is 0 Å². The molecule has 6 heteroatoms. The van der Waals surface area contributed by atoms with Gasteiger partial charge in [0.25, 0.3) is 0 Å². The lowest BCUT2D eigenvalue weighted by atomic mass is 9.97. The van der Waals surface area contributed by atoms with E-state index >= 15 is 0 Å². The molecule has 3 N–H and O–H groups in total. The Labute approximate surface area is 126 Å². The maximum absolute atomic E-state index is 12.1. The largest absolute Gasteiger partial charge is 0.396 e. The van der Waals surface area contributed by atoms with E-state index in [0.717, 1.165) is 32.1 Å². The SMILES string of the molecule is CCCC[C@@H](CO)CCCN1CCC(CC(=O)NO)C1=O. The van der Waals surface area contributed by atoms with E-state index in [1.807, 2.05) is 0 Å². The molecular formula is C15H28N2O4. The van der Waals surface area contributed by atoms with Crippen molar-refractivity contribution in [3.8, 4) is 0 Å². The lowest BCUT2D eigenvalue weighted by Crippen LogP contribution is -2.31. The van der Waals surface area contributed by atoms with Gasteiger partial charge in [-0.2, -0.15) is 0 Å². The minimum absolute atomic E-state index is 0.00714. The van der Waals surface area contributed by atoms with Crippen LogP contribution in [-0.4, -0.2) is 46.7 Å². The van der Waals surface area contributed by atoms with Crippen LogP contribution in [0, 0.1) is 11.8 Å². The van der Waals surface area contributed by atoms with Gasteiger partial charge in [-0.05, 0) is 31.6 Å². The third-order valence-electron chi connectivity index (χ3n) is 4.23. The van der Waals surface area contributed by atoms with Gasteiger partial charge in [0.2, 0.25) is 11.8 Å². The van der Waals surface area contributed by atoms with E-state index in [9.17, 15) is 14.7 Å². The molecule has 0 aromatic heterocycles. The third-order valence-corrected chi connectivity index (χ3v) is 4.23. The van der Waals surface area contributed by atoms with Gasteiger partial charge in [0, 0.05) is 32.0 Å². The molecule has 1 rings (SSSR count). The Morgan fingerprint density at radius 1 is 1.43 bits per heavy atom. The fraction of sp³-hybridized carbons (Fsp3) is 0.867. The molecule has 1 aliphatic heterocycles. The first-order chi connectivity index (χ1) is 10.1. The molecule has 1 saturated heterocycles. The quantitative estimate of drug-likeness (QED) is 0.419. The second-order valence-corrected chi connectivity index (χ2v) is 5.88. The van der Waals surface area contributed by atoms with Crippen molar-refractivity contribution >= 4 is 11.8 Å². The number of aliphatic hydroxyl groups is 1. The molecular weight excluding hydrogens is 272 g/mol. The molecule has 6 nitrogen and oxygen atoms in total. The van der Waals surface area contributed by atoms with E-state index in [-0.39, 0.29) is 24.9 Å². The first-order valence-corrected chi connectivity index (χ1v) is 7.94. The standard InChI is InChI=1S/C15H28N2O4/c1-2-3-5-12(11-18)6-4-8-17-9-7-13(15(17)20)10-14(19)16-21/h12-13,18,21H,2-11H2,1H3,(H,16,19)/t12-,13?/m1/s1. The Morgan fingerprint density at radius 2 is 2.14 bits per heavy atom. The number of hydrogen-bond donors (Lipinski definition) is 3. The molecule has 1 aliphatic rings. The highest BCUT2D eigenvalue weighted by Crippen LogP contribution is 2.22. The first-order valence-electron chi connectivity index (χ1n) is 7.94. The number of nitrogens with one attached hydrogen (secondary N) is 1. The number of amides is 2. The van der Waals surface area contributed by atoms with Crippen molar-refractivity contribution in [2.24, 2.45) is 11.8 Å². The Hall–Kier alpha value is -1.14. The van der Waals surface area contributed by atoms with Crippen LogP contribution in [0.3, 0.4) is 0 Å². The summed E-state index contributed by atoms with van der Waals surface area (Å²) in [7, 11) is 0. The van der Waals surface area contributed by atoms with Gasteiger partial charge < -0.3 is 10.0 Å². The van der Waals surface area contributed by atoms with E-state index in [0.29, 0.717) is 25.4 Å². The van der Waals surface area contributed by atoms with Crippen molar-refractivity contribution in [2.45, 2.75) is 51.9 Å². The summed E-state index contributed by atoms with van der Waals surface area (Å²) in [5, 5.41) is 17.8. The van der Waals surface area contributed by atoms with Gasteiger partial charge in [0.05, 0.1) is 0 Å². The van der Waals surface area contributed by atoms with Crippen LogP contribution in [-0.2, 0) is 9.59 Å². The summed E-state index contributed by atoms with van der Waals surface area (Å²) in [5.41, 5.74) is 1.58. The number of unbranched alkanes of at least 4 members (excludes halogenated alkanes) is 1. The molecule has 2 amide bonds. The number of nitrogens with zero attached hydrogens (tertiary/aromatic N) is 1. The Bertz CT molecular complexity index is 336. The van der Waals surface area contributed by atoms with E-state index in [1.165, 1.54) is 0 Å². The third kappa shape index (κ3) is 6.01. The molecule has 0 bridgehead atoms. The molecule has 1 heterocycles. The van der Waals surface area contributed by atoms with Crippen molar-refractivity contribution in [3.63, 3.8) is 0 Å². The van der Waals surface area contributed by atoms with Crippen LogP contribution in [0.2, 0.25) is 0 Å². The van der Waals surface area contributed by atoms with Crippen LogP contribution in [0.4, 0.5) is 0 Å². The zero-order chi connectivity index (χ0) is 15.7. The van der Waals surface area contributed by atoms with Crippen molar-refractivity contribution in [3.05, 3.63) is 0 Å². The highest BCUT2D eigenvalue weighted by molar-refractivity contribution is 5.86. The van der Waals surface area contributed by atoms with Gasteiger partial charge in [-0.25, -0.2) is 5.48 Å². The minimum atomic E-state index is -0.505. The first kappa shape index (κ1) is 17.9. The lowest BCUT2D eigenvalue weighted by Gasteiger charge is -2.19. The number of likely N-dealkylation sites (tertiary alicyclic amines) is 1. The van der Waals surface area contributed by atoms with Crippen LogP contribution < -0.4 is 5.48 Å². The number of aliphatic hydroxyl groups excluding tert-OH is 1. The van der Waals surface area contributed by atoms with Gasteiger partial charge in [-0.1, -0.05) is 19.8 Å². The van der Waals surface area contributed by atoms with Crippen LogP contribution in [0.1, 0.15) is 51.9 Å². The molecule has 0 spiro atoms. The van der Waals surface area contributed by atoms with Crippen LogP contribution in [0.15, 0.2) is 0 Å². The van der Waals surface area contributed by atoms with Gasteiger partial charge in [0.1, 0.15) is 0 Å². The van der Waals surface area contributed by atoms with Gasteiger partial charge in [-0.3, -0.25) is 14.8 Å². The van der Waals surface area contributed by atoms with Crippen molar-refractivity contribution < 1.29 is 19.9 Å². The zero-order valence-electron chi connectivity index (χ0n) is 12.9. The topological polar surface area (TPSA) is 89.9 Å². The lowest BCUT2D eigenvalue weighted by molar-refractivity contribution is -0.136. The summed E-state index contributed by atoms with van der Waals surface area (Å²) in [6, 6.07) is 0. The minimum Gasteiger partial charge on any atom is -0.396 e. The molecule has 0 aromatic rings. The summed E-state index contributed by atoms with van der Waals surface area (Å²) >= 11 is 0. The summed E-state index contributed by atoms with van der Waals surface area (Å²) in [6.07, 6.45) is 5.86. The predicted octanol–water partition coefficient (Wildman–Crippen LogP) is 1.31. The Morgan fingerprint density at radius 3 is 2.76 bits per heavy atom. The number of hydrogen-bond acceptors (Lipinski definition) is 4. The molecule has 1 unspecified atom stereocenters. The fourth-order valence-electron chi connectivity index (χ4n) is 2.87. The molecule has 2 atom stereocenters. The molecule has 0 aliphatic carbocycles. The molecule has 122 valence electrons. The number of rotatable bonds is 10. The number of carbonyl (C=O) groups excluding carboxylic acids is 2. The summed E-state index contributed by atoms with van der Waals surface area (Å²) < 4.78 is 0. The Balaban J connectivity index is 2.26. The smallest absolute Gasteiger partial charge is 0.244 e. The highest BCUT2D eigenvalue weighted by atomic mass is 16.5. The van der Waals surface area contributed by atoms with E-state index in [4.69, 9.17) is 5.21 Å². The zero-order valence-corrected chi connectivity index (χ0v) is 12.9. The maximum atomic E-state index is 12.1. The highest BCUT2D eigenvalue weighted by Gasteiger charge is 2.32. The predicted molar refractivity (Wildman–Crippen MR) is 78.6 cm³/mol. The monoisotopic (exact) mass is 300 g/mol. The summed E-state index contributed by atoms with van der Waals surface area (Å²) in [5.74, 6) is -0.465. The van der Waals surface area contributed by atoms with Crippen LogP contribution >= 0.6 is 0 Å². The van der Waals surface area contributed by atoms with Crippen molar-refractivity contribution in [2.75, 3.05) is 19.7 Å². The fourth-order valence-corrected chi connectivity index (χ4v) is 2.87. The van der Waals surface area contributed by atoms with Crippen molar-refractivity contribution in [1.29, 1.82) is 0 Å². The molecule has 21 heavy (non-hydrogen) atoms. The second-order valence-electron chi connectivity index (χ2n) is 5.88. The van der Waals surface area contributed by atoms with Gasteiger partial charge >= 0.3 is 0 Å². The molecule has 0 radical (unpaired) electrons. The van der Waals surface area contributed by atoms with E-state index in [2.05, 4.69) is 6.92 Å². The molecule has 1 fully saturated rings.